The largest absolute Gasteiger partial charge is 0.341 e. The predicted molar refractivity (Wildman–Crippen MR) is 99.8 cm³/mol. The lowest BCUT2D eigenvalue weighted by atomic mass is 9.93. The van der Waals surface area contributed by atoms with Crippen molar-refractivity contribution in [2.24, 2.45) is 11.1 Å². The van der Waals surface area contributed by atoms with Crippen LogP contribution in [0, 0.1) is 5.41 Å². The number of nitrogens with two attached hydrogens (primary N) is 1. The Morgan fingerprint density at radius 2 is 2.04 bits per heavy atom. The molecule has 132 valence electrons. The van der Waals surface area contributed by atoms with Gasteiger partial charge < -0.3 is 10.6 Å². The zero-order valence-corrected chi connectivity index (χ0v) is 15.8. The molecule has 0 aliphatic heterocycles. The minimum Gasteiger partial charge on any atom is -0.341 e. The maximum absolute atomic E-state index is 12.5. The van der Waals surface area contributed by atoms with E-state index in [2.05, 4.69) is 5.10 Å². The minimum atomic E-state index is -0.113. The average Bonchev–Trinajstić information content (AvgIpc) is 2.97. The molecule has 0 unspecified atom stereocenters. The second-order valence-corrected chi connectivity index (χ2v) is 6.95. The van der Waals surface area contributed by atoms with Crippen LogP contribution in [0.2, 0.25) is 5.02 Å². The van der Waals surface area contributed by atoms with Crippen molar-refractivity contribution < 1.29 is 4.79 Å². The van der Waals surface area contributed by atoms with E-state index in [0.29, 0.717) is 30.2 Å². The van der Waals surface area contributed by atoms with Crippen LogP contribution in [-0.4, -0.2) is 40.7 Å². The van der Waals surface area contributed by atoms with Gasteiger partial charge in [-0.3, -0.25) is 9.48 Å². The number of rotatable bonds is 6. The average molecular weight is 371 g/mol. The molecule has 2 N–H and O–H groups in total. The van der Waals surface area contributed by atoms with E-state index < -0.39 is 0 Å². The Balaban J connectivity index is 0.00000288. The van der Waals surface area contributed by atoms with Crippen LogP contribution in [0.25, 0.3) is 0 Å². The maximum atomic E-state index is 12.5. The molecule has 1 heterocycles. The summed E-state index contributed by atoms with van der Waals surface area (Å²) in [5, 5.41) is 4.95. The Labute approximate surface area is 154 Å². The summed E-state index contributed by atoms with van der Waals surface area (Å²) in [5.74, 6) is -0.0584. The number of benzene rings is 1. The first-order chi connectivity index (χ1) is 10.8. The smallest absolute Gasteiger partial charge is 0.256 e. The van der Waals surface area contributed by atoms with Gasteiger partial charge in [-0.2, -0.15) is 5.10 Å². The Kier molecular flexibility index (Phi) is 7.27. The van der Waals surface area contributed by atoms with Gasteiger partial charge in [0.05, 0.1) is 18.3 Å². The Bertz CT molecular complexity index is 685. The molecule has 0 saturated carbocycles. The first kappa shape index (κ1) is 20.5. The highest BCUT2D eigenvalue weighted by molar-refractivity contribution is 6.31. The molecule has 1 aromatic heterocycles. The van der Waals surface area contributed by atoms with Crippen molar-refractivity contribution in [1.82, 2.24) is 14.7 Å². The van der Waals surface area contributed by atoms with Crippen LogP contribution in [0.15, 0.2) is 36.7 Å². The van der Waals surface area contributed by atoms with E-state index >= 15 is 0 Å². The van der Waals surface area contributed by atoms with Crippen LogP contribution in [0.5, 0.6) is 0 Å². The third kappa shape index (κ3) is 5.23. The number of hydrogen-bond acceptors (Lipinski definition) is 3. The second-order valence-electron chi connectivity index (χ2n) is 6.55. The van der Waals surface area contributed by atoms with Gasteiger partial charge in [-0.05, 0) is 23.6 Å². The van der Waals surface area contributed by atoms with E-state index in [1.165, 1.54) is 0 Å². The van der Waals surface area contributed by atoms with Crippen molar-refractivity contribution in [2.45, 2.75) is 20.4 Å². The topological polar surface area (TPSA) is 64.2 Å². The quantitative estimate of drug-likeness (QED) is 0.849. The van der Waals surface area contributed by atoms with Gasteiger partial charge in [-0.1, -0.05) is 43.6 Å². The summed E-state index contributed by atoms with van der Waals surface area (Å²) in [5.41, 5.74) is 7.15. The van der Waals surface area contributed by atoms with Gasteiger partial charge in [0.15, 0.2) is 0 Å². The molecule has 1 amide bonds. The molecule has 0 spiro atoms. The molecule has 0 aliphatic rings. The van der Waals surface area contributed by atoms with Gasteiger partial charge in [0.2, 0.25) is 0 Å². The molecule has 1 aromatic carbocycles. The van der Waals surface area contributed by atoms with Crippen molar-refractivity contribution >= 4 is 29.9 Å². The predicted octanol–water partition coefficient (Wildman–Crippen LogP) is 3.06. The van der Waals surface area contributed by atoms with E-state index in [9.17, 15) is 4.79 Å². The number of amides is 1. The summed E-state index contributed by atoms with van der Waals surface area (Å²) in [4.78, 5) is 14.2. The summed E-state index contributed by atoms with van der Waals surface area (Å²) < 4.78 is 1.72. The molecule has 2 aromatic rings. The lowest BCUT2D eigenvalue weighted by molar-refractivity contribution is 0.0740. The highest BCUT2D eigenvalue weighted by Gasteiger charge is 2.22. The lowest BCUT2D eigenvalue weighted by Crippen LogP contribution is -2.39. The molecule has 2 rings (SSSR count). The summed E-state index contributed by atoms with van der Waals surface area (Å²) in [6, 6.07) is 7.61. The maximum Gasteiger partial charge on any atom is 0.256 e. The molecule has 0 saturated heterocycles. The number of halogens is 2. The van der Waals surface area contributed by atoms with Gasteiger partial charge in [0, 0.05) is 24.8 Å². The van der Waals surface area contributed by atoms with Crippen molar-refractivity contribution in [3.05, 3.63) is 52.8 Å². The number of carbonyl (C=O) groups is 1. The normalized spacial score (nSPS) is 11.0. The second kappa shape index (κ2) is 8.51. The summed E-state index contributed by atoms with van der Waals surface area (Å²) >= 11 is 6.15. The molecule has 0 fully saturated rings. The summed E-state index contributed by atoms with van der Waals surface area (Å²) in [6.45, 7) is 5.73. The number of aromatic nitrogens is 2. The standard InChI is InChI=1S/C17H23ClN4O.ClH/c1-17(2,11-19)12-21(3)16(23)14-8-20-22(10-14)9-13-6-4-5-7-15(13)18;/h4-8,10H,9,11-12,19H2,1-3H3;1H. The van der Waals surface area contributed by atoms with Gasteiger partial charge in [0.1, 0.15) is 0 Å². The van der Waals surface area contributed by atoms with Gasteiger partial charge >= 0.3 is 0 Å². The van der Waals surface area contributed by atoms with Crippen LogP contribution in [0.3, 0.4) is 0 Å². The van der Waals surface area contributed by atoms with E-state index in [1.807, 2.05) is 38.1 Å². The third-order valence-corrected chi connectivity index (χ3v) is 4.10. The first-order valence-electron chi connectivity index (χ1n) is 7.54. The monoisotopic (exact) mass is 370 g/mol. The number of hydrogen-bond donors (Lipinski definition) is 1. The van der Waals surface area contributed by atoms with Crippen LogP contribution in [0.1, 0.15) is 29.8 Å². The molecule has 0 atom stereocenters. The highest BCUT2D eigenvalue weighted by atomic mass is 35.5. The Morgan fingerprint density at radius 3 is 2.67 bits per heavy atom. The Hall–Kier alpha value is -1.56. The van der Waals surface area contributed by atoms with E-state index in [4.69, 9.17) is 17.3 Å². The van der Waals surface area contributed by atoms with Crippen LogP contribution in [0.4, 0.5) is 0 Å². The lowest BCUT2D eigenvalue weighted by Gasteiger charge is -2.28. The van der Waals surface area contributed by atoms with Crippen molar-refractivity contribution in [3.8, 4) is 0 Å². The number of carbonyl (C=O) groups excluding carboxylic acids is 1. The number of nitrogens with zero attached hydrogens (tertiary/aromatic N) is 3. The third-order valence-electron chi connectivity index (χ3n) is 3.73. The van der Waals surface area contributed by atoms with Crippen molar-refractivity contribution in [3.63, 3.8) is 0 Å². The summed E-state index contributed by atoms with van der Waals surface area (Å²) in [6.07, 6.45) is 3.34. The van der Waals surface area contributed by atoms with E-state index in [-0.39, 0.29) is 23.7 Å². The zero-order chi connectivity index (χ0) is 17.0. The van der Waals surface area contributed by atoms with E-state index in [1.54, 1.807) is 29.0 Å². The van der Waals surface area contributed by atoms with Gasteiger partial charge in [-0.25, -0.2) is 0 Å². The SMILES string of the molecule is CN(CC(C)(C)CN)C(=O)c1cnn(Cc2ccccc2Cl)c1.Cl. The van der Waals surface area contributed by atoms with Crippen molar-refractivity contribution in [1.29, 1.82) is 0 Å². The first-order valence-corrected chi connectivity index (χ1v) is 7.91. The van der Waals surface area contributed by atoms with Gasteiger partial charge in [-0.15, -0.1) is 12.4 Å². The van der Waals surface area contributed by atoms with Crippen LogP contribution in [-0.2, 0) is 6.54 Å². The van der Waals surface area contributed by atoms with Crippen LogP contribution < -0.4 is 5.73 Å². The fourth-order valence-electron chi connectivity index (χ4n) is 2.36. The van der Waals surface area contributed by atoms with E-state index in [0.717, 1.165) is 5.56 Å². The fourth-order valence-corrected chi connectivity index (χ4v) is 2.56. The molecule has 5 nitrogen and oxygen atoms in total. The molecule has 0 aliphatic carbocycles. The molecule has 24 heavy (non-hydrogen) atoms. The highest BCUT2D eigenvalue weighted by Crippen LogP contribution is 2.17. The molecular weight excluding hydrogens is 347 g/mol. The molecular formula is C17H24Cl2N4O. The van der Waals surface area contributed by atoms with Crippen LogP contribution >= 0.6 is 24.0 Å². The zero-order valence-electron chi connectivity index (χ0n) is 14.2. The summed E-state index contributed by atoms with van der Waals surface area (Å²) in [7, 11) is 1.78. The van der Waals surface area contributed by atoms with Gasteiger partial charge in [0.25, 0.3) is 5.91 Å². The fraction of sp³-hybridized carbons (Fsp3) is 0.412. The minimum absolute atomic E-state index is 0. The van der Waals surface area contributed by atoms with Crippen molar-refractivity contribution in [2.75, 3.05) is 20.1 Å². The molecule has 7 heteroatoms. The Morgan fingerprint density at radius 1 is 1.38 bits per heavy atom. The molecule has 0 bridgehead atoms. The molecule has 0 radical (unpaired) electrons.